The first-order chi connectivity index (χ1) is 11.0. The Labute approximate surface area is 143 Å². The van der Waals surface area contributed by atoms with E-state index >= 15 is 0 Å². The number of carbonyl (C=O) groups is 1. The van der Waals surface area contributed by atoms with Crippen molar-refractivity contribution in [1.29, 1.82) is 0 Å². The summed E-state index contributed by atoms with van der Waals surface area (Å²) >= 11 is 12.0. The first-order valence-corrected chi connectivity index (χ1v) is 7.77. The largest absolute Gasteiger partial charge is 0.480 e. The van der Waals surface area contributed by atoms with Gasteiger partial charge in [-0.1, -0.05) is 29.3 Å². The van der Waals surface area contributed by atoms with Gasteiger partial charge in [-0.3, -0.25) is 4.79 Å². The molecular weight excluding hydrogens is 335 g/mol. The number of hydrogen-bond acceptors (Lipinski definition) is 2. The van der Waals surface area contributed by atoms with Gasteiger partial charge in [0.05, 0.1) is 10.0 Å². The molecule has 0 radical (unpaired) electrons. The molecule has 2 aromatic carbocycles. The first-order valence-electron chi connectivity index (χ1n) is 7.01. The number of halogens is 2. The number of aliphatic carboxylic acids is 1. The molecule has 23 heavy (non-hydrogen) atoms. The lowest BCUT2D eigenvalue weighted by Gasteiger charge is -2.08. The molecule has 0 aliphatic heterocycles. The van der Waals surface area contributed by atoms with Gasteiger partial charge in [-0.25, -0.2) is 0 Å². The van der Waals surface area contributed by atoms with Crippen molar-refractivity contribution < 1.29 is 9.90 Å². The van der Waals surface area contributed by atoms with E-state index in [-0.39, 0.29) is 6.54 Å². The fourth-order valence-corrected chi connectivity index (χ4v) is 2.78. The van der Waals surface area contributed by atoms with Gasteiger partial charge in [-0.05, 0) is 42.0 Å². The topological polar surface area (TPSA) is 54.3 Å². The van der Waals surface area contributed by atoms with E-state index in [0.29, 0.717) is 16.6 Å². The molecule has 2 N–H and O–H groups in total. The van der Waals surface area contributed by atoms with Crippen LogP contribution < -0.4 is 5.32 Å². The van der Waals surface area contributed by atoms with E-state index in [9.17, 15) is 4.79 Å². The highest BCUT2D eigenvalue weighted by atomic mass is 35.5. The van der Waals surface area contributed by atoms with Crippen LogP contribution in [-0.4, -0.2) is 22.2 Å². The summed E-state index contributed by atoms with van der Waals surface area (Å²) in [4.78, 5) is 10.6. The summed E-state index contributed by atoms with van der Waals surface area (Å²) in [6.07, 6.45) is 1.99. The van der Waals surface area contributed by atoms with E-state index < -0.39 is 5.97 Å². The molecule has 4 nitrogen and oxygen atoms in total. The Kier molecular flexibility index (Phi) is 4.46. The van der Waals surface area contributed by atoms with Gasteiger partial charge in [0.25, 0.3) is 0 Å². The van der Waals surface area contributed by atoms with Gasteiger partial charge < -0.3 is 15.0 Å². The third kappa shape index (κ3) is 3.60. The number of hydrogen-bond donors (Lipinski definition) is 2. The molecule has 0 amide bonds. The molecule has 0 bridgehead atoms. The predicted molar refractivity (Wildman–Crippen MR) is 93.6 cm³/mol. The van der Waals surface area contributed by atoms with E-state index in [1.165, 1.54) is 0 Å². The summed E-state index contributed by atoms with van der Waals surface area (Å²) < 4.78 is 2.11. The average Bonchev–Trinajstić information content (AvgIpc) is 2.91. The van der Waals surface area contributed by atoms with Crippen LogP contribution in [0.3, 0.4) is 0 Å². The monoisotopic (exact) mass is 348 g/mol. The van der Waals surface area contributed by atoms with Crippen molar-refractivity contribution >= 4 is 45.8 Å². The summed E-state index contributed by atoms with van der Waals surface area (Å²) in [6, 6.07) is 13.4. The number of carboxylic acid groups (broad SMARTS) is 1. The quantitative estimate of drug-likeness (QED) is 0.713. The number of benzene rings is 2. The number of anilines is 1. The van der Waals surface area contributed by atoms with Gasteiger partial charge in [0.2, 0.25) is 0 Å². The lowest BCUT2D eigenvalue weighted by Crippen LogP contribution is -2.12. The third-order valence-corrected chi connectivity index (χ3v) is 4.29. The standard InChI is InChI=1S/C17H14Cl2N2O2/c18-14-3-1-11(7-15(14)19)10-21-6-5-12-8-13(2-4-16(12)21)20-9-17(22)23/h1-8,20H,9-10H2,(H,22,23). The number of nitrogens with one attached hydrogen (secondary N) is 1. The molecule has 0 saturated heterocycles. The first kappa shape index (κ1) is 15.7. The summed E-state index contributed by atoms with van der Waals surface area (Å²) in [5.41, 5.74) is 2.91. The molecule has 0 unspecified atom stereocenters. The van der Waals surface area contributed by atoms with E-state index in [1.807, 2.05) is 42.6 Å². The van der Waals surface area contributed by atoms with Gasteiger partial charge in [0.1, 0.15) is 6.54 Å². The van der Waals surface area contributed by atoms with Crippen LogP contribution in [0.1, 0.15) is 5.56 Å². The van der Waals surface area contributed by atoms with Crippen LogP contribution in [0.4, 0.5) is 5.69 Å². The highest BCUT2D eigenvalue weighted by molar-refractivity contribution is 6.42. The van der Waals surface area contributed by atoms with Crippen molar-refractivity contribution in [2.45, 2.75) is 6.54 Å². The normalized spacial score (nSPS) is 10.9. The molecule has 3 rings (SSSR count). The van der Waals surface area contributed by atoms with Crippen LogP contribution >= 0.6 is 23.2 Å². The minimum absolute atomic E-state index is 0.102. The molecule has 0 atom stereocenters. The molecule has 1 heterocycles. The highest BCUT2D eigenvalue weighted by Crippen LogP contribution is 2.25. The lowest BCUT2D eigenvalue weighted by atomic mass is 10.2. The molecular formula is C17H14Cl2N2O2. The summed E-state index contributed by atoms with van der Waals surface area (Å²) in [5, 5.41) is 13.7. The SMILES string of the molecule is O=C(O)CNc1ccc2c(ccn2Cc2ccc(Cl)c(Cl)c2)c1. The van der Waals surface area contributed by atoms with Gasteiger partial charge in [-0.15, -0.1) is 0 Å². The molecule has 0 aliphatic rings. The third-order valence-electron chi connectivity index (χ3n) is 3.55. The second-order valence-electron chi connectivity index (χ2n) is 5.21. The number of fused-ring (bicyclic) bond motifs is 1. The van der Waals surface area contributed by atoms with Crippen LogP contribution in [0, 0.1) is 0 Å². The minimum Gasteiger partial charge on any atom is -0.480 e. The fraction of sp³-hybridized carbons (Fsp3) is 0.118. The van der Waals surface area contributed by atoms with Crippen LogP contribution in [0.5, 0.6) is 0 Å². The molecule has 0 spiro atoms. The number of aromatic nitrogens is 1. The number of nitrogens with zero attached hydrogens (tertiary/aromatic N) is 1. The number of carboxylic acids is 1. The van der Waals surface area contributed by atoms with E-state index in [4.69, 9.17) is 28.3 Å². The van der Waals surface area contributed by atoms with Crippen LogP contribution in [0.15, 0.2) is 48.7 Å². The minimum atomic E-state index is -0.887. The summed E-state index contributed by atoms with van der Waals surface area (Å²) in [7, 11) is 0. The van der Waals surface area contributed by atoms with Crippen molar-refractivity contribution in [2.24, 2.45) is 0 Å². The molecule has 0 fully saturated rings. The lowest BCUT2D eigenvalue weighted by molar-refractivity contribution is -0.134. The average molecular weight is 349 g/mol. The Morgan fingerprint density at radius 3 is 2.65 bits per heavy atom. The molecule has 118 valence electrons. The van der Waals surface area contributed by atoms with Crippen molar-refractivity contribution in [3.05, 3.63) is 64.3 Å². The molecule has 6 heteroatoms. The zero-order chi connectivity index (χ0) is 16.4. The Morgan fingerprint density at radius 2 is 1.91 bits per heavy atom. The van der Waals surface area contributed by atoms with Crippen molar-refractivity contribution in [3.8, 4) is 0 Å². The molecule has 3 aromatic rings. The zero-order valence-corrected chi connectivity index (χ0v) is 13.6. The van der Waals surface area contributed by atoms with Crippen molar-refractivity contribution in [3.63, 3.8) is 0 Å². The van der Waals surface area contributed by atoms with E-state index in [2.05, 4.69) is 9.88 Å². The van der Waals surface area contributed by atoms with Crippen molar-refractivity contribution in [1.82, 2.24) is 4.57 Å². The van der Waals surface area contributed by atoms with Crippen LogP contribution in [0.2, 0.25) is 10.0 Å². The van der Waals surface area contributed by atoms with Crippen LogP contribution in [0.25, 0.3) is 10.9 Å². The fourth-order valence-electron chi connectivity index (χ4n) is 2.46. The van der Waals surface area contributed by atoms with Crippen molar-refractivity contribution in [2.75, 3.05) is 11.9 Å². The highest BCUT2D eigenvalue weighted by Gasteiger charge is 2.05. The second-order valence-corrected chi connectivity index (χ2v) is 6.03. The second kappa shape index (κ2) is 6.52. The summed E-state index contributed by atoms with van der Waals surface area (Å²) in [6.45, 7) is 0.581. The predicted octanol–water partition coefficient (Wildman–Crippen LogP) is 4.49. The van der Waals surface area contributed by atoms with Gasteiger partial charge in [0.15, 0.2) is 0 Å². The van der Waals surface area contributed by atoms with E-state index in [0.717, 1.165) is 22.2 Å². The number of rotatable bonds is 5. The Morgan fingerprint density at radius 1 is 1.09 bits per heavy atom. The maximum atomic E-state index is 10.6. The smallest absolute Gasteiger partial charge is 0.322 e. The maximum absolute atomic E-state index is 10.6. The van der Waals surface area contributed by atoms with E-state index in [1.54, 1.807) is 6.07 Å². The Hall–Kier alpha value is -2.17. The molecule has 0 aliphatic carbocycles. The molecule has 1 aromatic heterocycles. The van der Waals surface area contributed by atoms with Crippen LogP contribution in [-0.2, 0) is 11.3 Å². The zero-order valence-electron chi connectivity index (χ0n) is 12.1. The Bertz CT molecular complexity index is 874. The van der Waals surface area contributed by atoms with Gasteiger partial charge in [-0.2, -0.15) is 0 Å². The molecule has 0 saturated carbocycles. The van der Waals surface area contributed by atoms with Gasteiger partial charge in [0, 0.05) is 29.3 Å². The van der Waals surface area contributed by atoms with Gasteiger partial charge >= 0.3 is 5.97 Å². The maximum Gasteiger partial charge on any atom is 0.322 e. The Balaban J connectivity index is 1.84. The summed E-state index contributed by atoms with van der Waals surface area (Å²) in [5.74, 6) is -0.887.